The largest absolute Gasteiger partial charge is 0.477 e. The van der Waals surface area contributed by atoms with Crippen LogP contribution in [0.4, 0.5) is 19.2 Å². The summed E-state index contributed by atoms with van der Waals surface area (Å²) in [5.41, 5.74) is 1.82. The zero-order valence-electron chi connectivity index (χ0n) is 42.2. The fourth-order valence-electron chi connectivity index (χ4n) is 6.90. The number of hydrogen-bond acceptors (Lipinski definition) is 16. The first-order valence-corrected chi connectivity index (χ1v) is 22.6. The van der Waals surface area contributed by atoms with E-state index in [1.54, 1.807) is 34.6 Å². The van der Waals surface area contributed by atoms with Crippen LogP contribution in [-0.2, 0) is 28.6 Å². The first-order valence-electron chi connectivity index (χ1n) is 22.6. The van der Waals surface area contributed by atoms with Gasteiger partial charge in [0.05, 0.1) is 48.4 Å². The molecule has 69 heavy (non-hydrogen) atoms. The molecule has 0 bridgehead atoms. The van der Waals surface area contributed by atoms with Crippen molar-refractivity contribution >= 4 is 115 Å². The Morgan fingerprint density at radius 2 is 1.04 bits per heavy atom. The fourth-order valence-corrected chi connectivity index (χ4v) is 6.90. The average molecular weight is 1010 g/mol. The molecule has 0 aromatic heterocycles. The van der Waals surface area contributed by atoms with Crippen molar-refractivity contribution in [1.29, 1.82) is 0 Å². The molecule has 8 radical (unpaired) electrons. The van der Waals surface area contributed by atoms with Crippen LogP contribution >= 0.6 is 24.8 Å². The zero-order chi connectivity index (χ0) is 52.1. The number of rotatable bonds is 22. The number of Topliss-reactive ketones (excluding diaryl/α,β-unsaturated/α-hetero) is 2. The number of nitrogens with zero attached hydrogens (tertiary/aromatic N) is 3. The third-order valence-electron chi connectivity index (χ3n) is 10.1. The Kier molecular flexibility index (Phi) is 37.4. The van der Waals surface area contributed by atoms with Crippen molar-refractivity contribution in [2.24, 2.45) is 20.7 Å². The molecule has 3 aliphatic heterocycles. The van der Waals surface area contributed by atoms with Crippen LogP contribution in [-0.4, -0.2) is 180 Å². The van der Waals surface area contributed by atoms with E-state index < -0.39 is 57.0 Å². The summed E-state index contributed by atoms with van der Waals surface area (Å²) in [5.74, 6) is -2.54. The molecular weight excluding hydrogens is 935 g/mol. The summed E-state index contributed by atoms with van der Waals surface area (Å²) < 4.78 is 15.4. The minimum Gasteiger partial charge on any atom is -0.477 e. The second-order valence-electron chi connectivity index (χ2n) is 17.3. The number of carbonyl (C=O) groups is 7. The summed E-state index contributed by atoms with van der Waals surface area (Å²) in [6.45, 7) is 21.2. The first kappa shape index (κ1) is 71.6. The molecule has 26 heteroatoms. The van der Waals surface area contributed by atoms with Gasteiger partial charge in [-0.05, 0) is 66.7 Å². The third kappa shape index (κ3) is 28.5. The van der Waals surface area contributed by atoms with Crippen LogP contribution in [0.25, 0.3) is 0 Å². The van der Waals surface area contributed by atoms with Crippen LogP contribution in [0.5, 0.6) is 0 Å². The highest BCUT2D eigenvalue weighted by molar-refractivity contribution is 6.58. The fraction of sp³-hybridized carbons (Fsp3) is 0.767. The molecule has 1 unspecified atom stereocenters. The monoisotopic (exact) mass is 1010 g/mol. The molecule has 4 amide bonds. The molecule has 20 nitrogen and oxygen atoms in total. The number of ether oxygens (including phenoxy) is 3. The van der Waals surface area contributed by atoms with Gasteiger partial charge in [0.2, 0.25) is 48.8 Å². The number of aldehydes is 1. The molecule has 0 saturated carbocycles. The second-order valence-corrected chi connectivity index (χ2v) is 17.3. The molecular formula is C43H76B4Cl2N8O12. The zero-order valence-corrected chi connectivity index (χ0v) is 43.8. The van der Waals surface area contributed by atoms with Gasteiger partial charge < -0.3 is 56.2 Å². The summed E-state index contributed by atoms with van der Waals surface area (Å²) in [7, 11) is 20.0. The summed E-state index contributed by atoms with van der Waals surface area (Å²) >= 11 is 0. The number of ketones is 2. The number of aliphatic hydroxyl groups excluding tert-OH is 2. The number of amides is 4. The Morgan fingerprint density at radius 3 is 1.39 bits per heavy atom. The van der Waals surface area contributed by atoms with Crippen molar-refractivity contribution in [3.8, 4) is 0 Å². The number of carbonyl (C=O) groups excluding carboxylic acids is 7. The molecule has 0 aromatic rings. The third-order valence-corrected chi connectivity index (χ3v) is 10.1. The van der Waals surface area contributed by atoms with E-state index in [1.807, 2.05) is 34.6 Å². The summed E-state index contributed by atoms with van der Waals surface area (Å²) in [5, 5.41) is 28.9. The molecule has 0 spiro atoms. The molecule has 3 heterocycles. The van der Waals surface area contributed by atoms with E-state index in [-0.39, 0.29) is 60.7 Å². The number of hydrogen-bond donors (Lipinski definition) is 7. The topological polar surface area (TPSA) is 299 Å². The van der Waals surface area contributed by atoms with E-state index in [2.05, 4.69) is 36.2 Å². The van der Waals surface area contributed by atoms with Crippen molar-refractivity contribution in [3.63, 3.8) is 0 Å². The lowest BCUT2D eigenvalue weighted by Crippen LogP contribution is -2.57. The quantitative estimate of drug-likeness (QED) is 0.0607. The van der Waals surface area contributed by atoms with Crippen LogP contribution in [0.15, 0.2) is 15.0 Å². The van der Waals surface area contributed by atoms with Gasteiger partial charge in [0, 0.05) is 0 Å². The van der Waals surface area contributed by atoms with E-state index in [9.17, 15) is 38.7 Å². The number of nitrogens with one attached hydrogen (secondary N) is 4. The van der Waals surface area contributed by atoms with Gasteiger partial charge in [0.1, 0.15) is 31.6 Å². The van der Waals surface area contributed by atoms with Gasteiger partial charge in [0.15, 0.2) is 29.3 Å². The predicted octanol–water partition coefficient (Wildman–Crippen LogP) is 3.02. The van der Waals surface area contributed by atoms with Gasteiger partial charge in [-0.2, -0.15) is 0 Å². The van der Waals surface area contributed by atoms with Gasteiger partial charge in [-0.15, -0.1) is 24.8 Å². The molecule has 386 valence electrons. The van der Waals surface area contributed by atoms with Crippen LogP contribution in [0.3, 0.4) is 0 Å². The highest BCUT2D eigenvalue weighted by Crippen LogP contribution is 2.21. The van der Waals surface area contributed by atoms with Crippen molar-refractivity contribution in [2.45, 2.75) is 167 Å². The lowest BCUT2D eigenvalue weighted by Gasteiger charge is -2.34. The summed E-state index contributed by atoms with van der Waals surface area (Å²) in [6.07, 6.45) is 7.01. The van der Waals surface area contributed by atoms with Crippen molar-refractivity contribution in [2.75, 3.05) is 46.1 Å². The minimum atomic E-state index is -1.02. The van der Waals surface area contributed by atoms with Crippen LogP contribution in [0, 0.1) is 0 Å². The highest BCUT2D eigenvalue weighted by atomic mass is 35.5. The van der Waals surface area contributed by atoms with E-state index in [4.69, 9.17) is 56.4 Å². The average Bonchev–Trinajstić information content (AvgIpc) is 4.06. The summed E-state index contributed by atoms with van der Waals surface area (Å²) in [4.78, 5) is 88.8. The molecule has 0 aliphatic carbocycles. The highest BCUT2D eigenvalue weighted by Gasteiger charge is 2.39. The Labute approximate surface area is 426 Å². The molecule has 6 atom stereocenters. The van der Waals surface area contributed by atoms with Crippen LogP contribution in [0.2, 0.25) is 0 Å². The molecule has 3 aliphatic rings. The van der Waals surface area contributed by atoms with E-state index in [1.165, 1.54) is 0 Å². The first-order chi connectivity index (χ1) is 31.1. The van der Waals surface area contributed by atoms with Crippen LogP contribution in [0.1, 0.15) is 133 Å². The van der Waals surface area contributed by atoms with E-state index in [0.717, 1.165) is 38.5 Å². The standard InChI is InChI=1S/C10H17BN2O3.C10H15BN2O3.C9H16N2O2.C7H14BNO2.C7H12BNO2.2ClH/c2*1-3-4-10(2,13-9(11)15)7(14)8-12-5-6-16-8;1-3-4-9(2,10)7(12)8-11-5-6-13-8;2*1-3-4-7(2,5-10)9-6(8)11;;/h7,14H,3-6H2,1-2H3,(H,13,15);3-6H2,1-2H3,(H,13,15);3-6,10H2,1-2H3;10H,3-5H2,1-2H3,(H,9,11);5H,3-4H2,1-2H3,(H,9,11);2*1H/t7?,10-;10-;9-;2*7-;;/m00000../s1. The smallest absolute Gasteiger partial charge is 0.256 e. The minimum absolute atomic E-state index is 0. The maximum atomic E-state index is 12.1. The van der Waals surface area contributed by atoms with Crippen LogP contribution < -0.4 is 27.0 Å². The predicted molar refractivity (Wildman–Crippen MR) is 276 cm³/mol. The van der Waals surface area contributed by atoms with Crippen molar-refractivity contribution in [1.82, 2.24) is 21.3 Å². The maximum absolute atomic E-state index is 12.1. The number of aliphatic imine (C=N–C) groups is 3. The van der Waals surface area contributed by atoms with Gasteiger partial charge in [-0.1, -0.05) is 66.7 Å². The Balaban J connectivity index is -0.000000384. The lowest BCUT2D eigenvalue weighted by molar-refractivity contribution is -0.119. The molecule has 0 saturated heterocycles. The Morgan fingerprint density at radius 1 is 0.623 bits per heavy atom. The number of aliphatic hydroxyl groups is 2. The molecule has 0 aromatic carbocycles. The van der Waals surface area contributed by atoms with E-state index in [0.29, 0.717) is 71.4 Å². The van der Waals surface area contributed by atoms with E-state index >= 15 is 0 Å². The van der Waals surface area contributed by atoms with Crippen molar-refractivity contribution < 1.29 is 58.0 Å². The van der Waals surface area contributed by atoms with Gasteiger partial charge in [-0.25, -0.2) is 15.0 Å². The maximum Gasteiger partial charge on any atom is 0.256 e. The lowest BCUT2D eigenvalue weighted by atomic mass is 9.87. The second kappa shape index (κ2) is 36.0. The molecule has 8 N–H and O–H groups in total. The molecule has 3 rings (SSSR count). The summed E-state index contributed by atoms with van der Waals surface area (Å²) in [6, 6.07) is 0. The molecule has 0 fully saturated rings. The number of nitrogens with two attached hydrogens (primary N) is 1. The normalized spacial score (nSPS) is 17.7. The van der Waals surface area contributed by atoms with Gasteiger partial charge in [0.25, 0.3) is 11.8 Å². The Bertz CT molecular complexity index is 1720. The van der Waals surface area contributed by atoms with Gasteiger partial charge >= 0.3 is 0 Å². The Hall–Kier alpha value is -3.98. The van der Waals surface area contributed by atoms with Crippen molar-refractivity contribution in [3.05, 3.63) is 0 Å². The SMILES string of the molecule is CCC[C@](C)(N)C(=O)C1=NCCO1.Cl.Cl.[B]C(=O)N[C@@](C)(CCC)C(=O)C1=NCCO1.[B]C(=O)N[C@@](C)(CCC)C(O)C1=NCCO1.[B]C(=O)N[C@](C)(C=O)CCC.[B]C(=O)N[C@](C)(CO)CCC. The number of halogens is 2. The van der Waals surface area contributed by atoms with Gasteiger partial charge in [-0.3, -0.25) is 28.8 Å².